The van der Waals surface area contributed by atoms with Gasteiger partial charge < -0.3 is 19.6 Å². The Hall–Kier alpha value is -4.78. The summed E-state index contributed by atoms with van der Waals surface area (Å²) in [5.74, 6) is -0.733. The molecule has 1 amide bonds. The number of rotatable bonds is 7. The van der Waals surface area contributed by atoms with E-state index in [4.69, 9.17) is 9.15 Å². The van der Waals surface area contributed by atoms with E-state index in [9.17, 15) is 14.7 Å². The minimum Gasteiger partial charge on any atom is -0.507 e. The van der Waals surface area contributed by atoms with Crippen molar-refractivity contribution in [1.29, 1.82) is 0 Å². The second-order valence-corrected chi connectivity index (χ2v) is 8.64. The first kappa shape index (κ1) is 23.9. The van der Waals surface area contributed by atoms with Crippen molar-refractivity contribution in [3.05, 3.63) is 114 Å². The van der Waals surface area contributed by atoms with E-state index in [1.807, 2.05) is 56.3 Å². The number of aliphatic hydroxyl groups is 1. The largest absolute Gasteiger partial charge is 0.507 e. The molecule has 1 aliphatic rings. The van der Waals surface area contributed by atoms with Crippen LogP contribution in [-0.2, 0) is 9.59 Å². The average molecular weight is 495 g/mol. The number of hydrogen-bond acceptors (Lipinski definition) is 6. The molecule has 0 bridgehead atoms. The van der Waals surface area contributed by atoms with Crippen LogP contribution in [0.5, 0.6) is 5.75 Å². The van der Waals surface area contributed by atoms with Gasteiger partial charge in [-0.1, -0.05) is 18.2 Å². The van der Waals surface area contributed by atoms with Gasteiger partial charge in [0.25, 0.3) is 11.7 Å². The summed E-state index contributed by atoms with van der Waals surface area (Å²) in [5.41, 5.74) is 3.44. The molecule has 186 valence electrons. The Morgan fingerprint density at radius 3 is 2.35 bits per heavy atom. The third-order valence-electron chi connectivity index (χ3n) is 6.21. The number of furan rings is 1. The molecule has 1 fully saturated rings. The lowest BCUT2D eigenvalue weighted by Gasteiger charge is -2.23. The molecule has 1 aliphatic heterocycles. The predicted molar refractivity (Wildman–Crippen MR) is 142 cm³/mol. The molecule has 0 aliphatic carbocycles. The number of hydrogen-bond donors (Lipinski definition) is 2. The Morgan fingerprint density at radius 1 is 0.973 bits per heavy atom. The van der Waals surface area contributed by atoms with E-state index in [1.54, 1.807) is 42.5 Å². The Kier molecular flexibility index (Phi) is 6.51. The van der Waals surface area contributed by atoms with Crippen LogP contribution in [0.15, 0.2) is 101 Å². The molecular weight excluding hydrogens is 468 g/mol. The van der Waals surface area contributed by atoms with Crippen LogP contribution in [0.1, 0.15) is 29.9 Å². The number of ketones is 1. The number of anilines is 3. The number of aliphatic hydroxyl groups excluding tert-OH is 1. The summed E-state index contributed by atoms with van der Waals surface area (Å²) in [6.45, 7) is 4.26. The number of carbonyl (C=O) groups excluding carboxylic acids is 2. The van der Waals surface area contributed by atoms with Crippen LogP contribution in [0.25, 0.3) is 5.76 Å². The molecule has 37 heavy (non-hydrogen) atoms. The van der Waals surface area contributed by atoms with Gasteiger partial charge >= 0.3 is 0 Å². The molecule has 2 N–H and O–H groups in total. The van der Waals surface area contributed by atoms with E-state index in [0.29, 0.717) is 29.4 Å². The number of benzene rings is 3. The highest BCUT2D eigenvalue weighted by Crippen LogP contribution is 2.42. The lowest BCUT2D eigenvalue weighted by molar-refractivity contribution is -0.132. The predicted octanol–water partition coefficient (Wildman–Crippen LogP) is 6.36. The number of para-hydroxylation sites is 1. The lowest BCUT2D eigenvalue weighted by atomic mass is 9.98. The highest BCUT2D eigenvalue weighted by molar-refractivity contribution is 6.51. The average Bonchev–Trinajstić information content (AvgIpc) is 3.53. The molecule has 1 aromatic heterocycles. The van der Waals surface area contributed by atoms with E-state index in [2.05, 4.69) is 5.32 Å². The number of nitrogens with one attached hydrogen (secondary N) is 1. The van der Waals surface area contributed by atoms with Crippen molar-refractivity contribution >= 4 is 34.5 Å². The van der Waals surface area contributed by atoms with Gasteiger partial charge in [0, 0.05) is 22.6 Å². The monoisotopic (exact) mass is 494 g/mol. The summed E-state index contributed by atoms with van der Waals surface area (Å²) in [5, 5.41) is 14.6. The summed E-state index contributed by atoms with van der Waals surface area (Å²) in [6, 6.07) is 24.5. The Bertz CT molecular complexity index is 1460. The van der Waals surface area contributed by atoms with Gasteiger partial charge in [-0.25, -0.2) is 0 Å². The third-order valence-corrected chi connectivity index (χ3v) is 6.21. The van der Waals surface area contributed by atoms with Crippen LogP contribution in [0.2, 0.25) is 0 Å². The molecule has 4 aromatic rings. The zero-order chi connectivity index (χ0) is 25.9. The number of Topliss-reactive ketones (excluding diaryl/α,β-unsaturated/α-hetero) is 1. The summed E-state index contributed by atoms with van der Waals surface area (Å²) >= 11 is 0. The molecule has 0 spiro atoms. The number of carbonyl (C=O) groups is 2. The smallest absolute Gasteiger partial charge is 0.300 e. The quantitative estimate of drug-likeness (QED) is 0.177. The zero-order valence-corrected chi connectivity index (χ0v) is 20.5. The van der Waals surface area contributed by atoms with Gasteiger partial charge in [0.2, 0.25) is 0 Å². The van der Waals surface area contributed by atoms with E-state index in [-0.39, 0.29) is 11.3 Å². The van der Waals surface area contributed by atoms with Gasteiger partial charge in [-0.15, -0.1) is 0 Å². The van der Waals surface area contributed by atoms with Gasteiger partial charge in [-0.3, -0.25) is 14.5 Å². The molecule has 0 radical (unpaired) electrons. The maximum atomic E-state index is 13.3. The molecular formula is C30H26N2O5. The molecule has 1 saturated heterocycles. The summed E-state index contributed by atoms with van der Waals surface area (Å²) in [4.78, 5) is 27.9. The Morgan fingerprint density at radius 2 is 1.70 bits per heavy atom. The standard InChI is InChI=1S/C30H26N2O5/c1-3-36-24-16-11-20(18-19(24)2)28(33)26-27(25-10-7-17-37-25)32(30(35)29(26)34)23-14-12-22(13-15-23)31-21-8-5-4-6-9-21/h4-18,27,31,33H,3H2,1-2H3/b28-26-. The molecule has 0 saturated carbocycles. The Labute approximate surface area is 214 Å². The van der Waals surface area contributed by atoms with E-state index in [0.717, 1.165) is 16.9 Å². The molecule has 7 heteroatoms. The van der Waals surface area contributed by atoms with Crippen molar-refractivity contribution < 1.29 is 23.8 Å². The van der Waals surface area contributed by atoms with Crippen molar-refractivity contribution in [2.24, 2.45) is 0 Å². The van der Waals surface area contributed by atoms with Gasteiger partial charge in [0.05, 0.1) is 18.4 Å². The summed E-state index contributed by atoms with van der Waals surface area (Å²) < 4.78 is 11.2. The summed E-state index contributed by atoms with van der Waals surface area (Å²) in [6.07, 6.45) is 1.48. The van der Waals surface area contributed by atoms with Crippen molar-refractivity contribution in [1.82, 2.24) is 0 Å². The zero-order valence-electron chi connectivity index (χ0n) is 20.5. The highest BCUT2D eigenvalue weighted by Gasteiger charge is 2.48. The normalized spacial score (nSPS) is 16.7. The van der Waals surface area contributed by atoms with E-state index < -0.39 is 17.7 Å². The second-order valence-electron chi connectivity index (χ2n) is 8.64. The maximum absolute atomic E-state index is 13.3. The topological polar surface area (TPSA) is 92.0 Å². The third kappa shape index (κ3) is 4.59. The van der Waals surface area contributed by atoms with Crippen molar-refractivity contribution in [3.63, 3.8) is 0 Å². The van der Waals surface area contributed by atoms with Crippen molar-refractivity contribution in [3.8, 4) is 5.75 Å². The molecule has 1 unspecified atom stereocenters. The lowest BCUT2D eigenvalue weighted by Crippen LogP contribution is -2.29. The number of nitrogens with zero attached hydrogens (tertiary/aromatic N) is 1. The molecule has 7 nitrogen and oxygen atoms in total. The maximum Gasteiger partial charge on any atom is 0.300 e. The second kappa shape index (κ2) is 10.1. The van der Waals surface area contributed by atoms with E-state index in [1.165, 1.54) is 11.2 Å². The van der Waals surface area contributed by atoms with Gasteiger partial charge in [-0.05, 0) is 86.1 Å². The van der Waals surface area contributed by atoms with E-state index >= 15 is 0 Å². The fraction of sp³-hybridized carbons (Fsp3) is 0.133. The van der Waals surface area contributed by atoms with Crippen LogP contribution in [0, 0.1) is 6.92 Å². The first-order chi connectivity index (χ1) is 18.0. The van der Waals surface area contributed by atoms with Crippen LogP contribution in [0.4, 0.5) is 17.1 Å². The number of ether oxygens (including phenoxy) is 1. The van der Waals surface area contributed by atoms with Crippen molar-refractivity contribution in [2.75, 3.05) is 16.8 Å². The molecule has 1 atom stereocenters. The van der Waals surface area contributed by atoms with Crippen LogP contribution in [-0.4, -0.2) is 23.4 Å². The first-order valence-corrected chi connectivity index (χ1v) is 12.0. The minimum atomic E-state index is -0.921. The summed E-state index contributed by atoms with van der Waals surface area (Å²) in [7, 11) is 0. The Balaban J connectivity index is 1.54. The van der Waals surface area contributed by atoms with Gasteiger partial charge in [-0.2, -0.15) is 0 Å². The van der Waals surface area contributed by atoms with Crippen molar-refractivity contribution in [2.45, 2.75) is 19.9 Å². The SMILES string of the molecule is CCOc1ccc(/C(O)=C2/C(=O)C(=O)N(c3ccc(Nc4ccccc4)cc3)C2c2ccco2)cc1C. The number of aryl methyl sites for hydroxylation is 1. The van der Waals surface area contributed by atoms with Crippen LogP contribution < -0.4 is 15.0 Å². The van der Waals surface area contributed by atoms with Gasteiger partial charge in [0.15, 0.2) is 0 Å². The van der Waals surface area contributed by atoms with Gasteiger partial charge in [0.1, 0.15) is 23.3 Å². The fourth-order valence-electron chi connectivity index (χ4n) is 4.48. The van der Waals surface area contributed by atoms with Crippen LogP contribution >= 0.6 is 0 Å². The minimum absolute atomic E-state index is 0.0324. The van der Waals surface area contributed by atoms with Crippen LogP contribution in [0.3, 0.4) is 0 Å². The number of amides is 1. The molecule has 2 heterocycles. The fourth-order valence-corrected chi connectivity index (χ4v) is 4.48. The molecule has 3 aromatic carbocycles. The highest BCUT2D eigenvalue weighted by atomic mass is 16.5. The molecule has 5 rings (SSSR count). The first-order valence-electron chi connectivity index (χ1n) is 12.0.